The Morgan fingerprint density at radius 1 is 0.938 bits per heavy atom. The first kappa shape index (κ1) is 21.2. The van der Waals surface area contributed by atoms with E-state index in [-0.39, 0.29) is 0 Å². The second kappa shape index (κ2) is 8.98. The van der Waals surface area contributed by atoms with Crippen LogP contribution in [0.25, 0.3) is 5.70 Å². The van der Waals surface area contributed by atoms with Gasteiger partial charge in [0.05, 0.1) is 24.4 Å². The minimum atomic E-state index is -0.666. The predicted molar refractivity (Wildman–Crippen MR) is 122 cm³/mol. The lowest BCUT2D eigenvalue weighted by Gasteiger charge is -2.29. The molecule has 4 rings (SSSR count). The molecular weight excluding hydrogens is 404 g/mol. The number of hydrogen-bond donors (Lipinski definition) is 2. The van der Waals surface area contributed by atoms with Gasteiger partial charge in [-0.15, -0.1) is 0 Å². The van der Waals surface area contributed by atoms with Gasteiger partial charge >= 0.3 is 12.0 Å². The molecule has 0 radical (unpaired) electrons. The van der Waals surface area contributed by atoms with Crippen molar-refractivity contribution in [1.29, 1.82) is 0 Å². The van der Waals surface area contributed by atoms with Gasteiger partial charge in [-0.3, -0.25) is 0 Å². The monoisotopic (exact) mass is 428 g/mol. The van der Waals surface area contributed by atoms with Gasteiger partial charge in [-0.05, 0) is 54.3 Å². The Hall–Kier alpha value is -4.06. The van der Waals surface area contributed by atoms with Crippen molar-refractivity contribution in [2.75, 3.05) is 7.11 Å². The van der Waals surface area contributed by atoms with Crippen LogP contribution in [0.5, 0.6) is 11.5 Å². The van der Waals surface area contributed by atoms with E-state index in [0.717, 1.165) is 28.0 Å². The number of amides is 2. The van der Waals surface area contributed by atoms with Crippen LogP contribution in [-0.2, 0) is 9.53 Å². The summed E-state index contributed by atoms with van der Waals surface area (Å²) in [5.41, 5.74) is 4.38. The number of ether oxygens (including phenoxy) is 2. The van der Waals surface area contributed by atoms with Gasteiger partial charge in [-0.1, -0.05) is 54.6 Å². The van der Waals surface area contributed by atoms with Crippen LogP contribution in [0.3, 0.4) is 0 Å². The zero-order valence-corrected chi connectivity index (χ0v) is 18.1. The van der Waals surface area contributed by atoms with E-state index in [1.165, 1.54) is 7.11 Å². The first-order valence-electron chi connectivity index (χ1n) is 10.3. The van der Waals surface area contributed by atoms with Crippen LogP contribution in [0.4, 0.5) is 4.79 Å². The Balaban J connectivity index is 1.70. The summed E-state index contributed by atoms with van der Waals surface area (Å²) >= 11 is 0. The number of carbonyl (C=O) groups excluding carboxylic acids is 2. The van der Waals surface area contributed by atoms with Gasteiger partial charge in [0.1, 0.15) is 11.5 Å². The Morgan fingerprint density at radius 3 is 2.34 bits per heavy atom. The maximum absolute atomic E-state index is 12.7. The third kappa shape index (κ3) is 4.34. The largest absolute Gasteiger partial charge is 0.466 e. The van der Waals surface area contributed by atoms with E-state index >= 15 is 0 Å². The molecule has 0 saturated carbocycles. The fourth-order valence-corrected chi connectivity index (χ4v) is 3.65. The second-order valence-electron chi connectivity index (χ2n) is 7.62. The molecule has 3 aromatic carbocycles. The maximum atomic E-state index is 12.7. The number of methoxy groups -OCH3 is 1. The number of esters is 1. The fourth-order valence-electron chi connectivity index (χ4n) is 3.65. The van der Waals surface area contributed by atoms with Crippen LogP contribution in [0.1, 0.15) is 28.3 Å². The van der Waals surface area contributed by atoms with Crippen molar-refractivity contribution in [3.8, 4) is 11.5 Å². The lowest BCUT2D eigenvalue weighted by atomic mass is 9.92. The van der Waals surface area contributed by atoms with Crippen molar-refractivity contribution in [2.24, 2.45) is 0 Å². The van der Waals surface area contributed by atoms with Gasteiger partial charge in [0, 0.05) is 0 Å². The Labute approximate surface area is 186 Å². The Morgan fingerprint density at radius 2 is 1.66 bits per heavy atom. The zero-order chi connectivity index (χ0) is 22.7. The molecule has 0 aliphatic carbocycles. The van der Waals surface area contributed by atoms with E-state index in [1.807, 2.05) is 86.6 Å². The summed E-state index contributed by atoms with van der Waals surface area (Å²) in [5.74, 6) is 0.932. The summed E-state index contributed by atoms with van der Waals surface area (Å²) in [4.78, 5) is 25.2. The molecule has 1 atom stereocenters. The molecule has 1 aliphatic rings. The molecule has 162 valence electrons. The summed E-state index contributed by atoms with van der Waals surface area (Å²) < 4.78 is 11.1. The normalized spacial score (nSPS) is 15.6. The molecule has 1 unspecified atom stereocenters. The van der Waals surface area contributed by atoms with Gasteiger partial charge in [-0.2, -0.15) is 0 Å². The molecule has 3 aromatic rings. The van der Waals surface area contributed by atoms with Crippen LogP contribution >= 0.6 is 0 Å². The summed E-state index contributed by atoms with van der Waals surface area (Å²) in [6.07, 6.45) is 0. The van der Waals surface area contributed by atoms with Crippen molar-refractivity contribution in [3.05, 3.63) is 101 Å². The minimum Gasteiger partial charge on any atom is -0.466 e. The number of hydrogen-bond acceptors (Lipinski definition) is 4. The van der Waals surface area contributed by atoms with E-state index in [1.54, 1.807) is 0 Å². The number of benzene rings is 3. The lowest BCUT2D eigenvalue weighted by molar-refractivity contribution is -0.136. The molecule has 1 aliphatic heterocycles. The van der Waals surface area contributed by atoms with Gasteiger partial charge < -0.3 is 20.1 Å². The molecule has 2 amide bonds. The molecule has 0 bridgehead atoms. The number of nitrogens with one attached hydrogen (secondary N) is 2. The molecule has 2 N–H and O–H groups in total. The highest BCUT2D eigenvalue weighted by molar-refractivity contribution is 6.04. The van der Waals surface area contributed by atoms with Gasteiger partial charge in [0.25, 0.3) is 0 Å². The lowest BCUT2D eigenvalue weighted by Crippen LogP contribution is -2.45. The first-order valence-corrected chi connectivity index (χ1v) is 10.3. The number of urea groups is 1. The fraction of sp³-hybridized carbons (Fsp3) is 0.154. The standard InChI is InChI=1S/C26H24N2O4/c1-16-9-10-17(2)21(15-16)32-20-13-11-19(12-14-20)24-22(25(29)31-3)23(27-26(30)28-24)18-7-5-4-6-8-18/h4-15,24H,1-3H3,(H2,27,28,30). The predicted octanol–water partition coefficient (Wildman–Crippen LogP) is 5.03. The van der Waals surface area contributed by atoms with Crippen LogP contribution in [0.2, 0.25) is 0 Å². The molecule has 1 heterocycles. The highest BCUT2D eigenvalue weighted by Crippen LogP contribution is 2.33. The molecule has 0 spiro atoms. The molecular formula is C26H24N2O4. The zero-order valence-electron chi connectivity index (χ0n) is 18.1. The van der Waals surface area contributed by atoms with Gasteiger partial charge in [0.15, 0.2) is 0 Å². The molecule has 0 aromatic heterocycles. The van der Waals surface area contributed by atoms with Crippen molar-refractivity contribution in [1.82, 2.24) is 10.6 Å². The average Bonchev–Trinajstić information content (AvgIpc) is 2.81. The number of carbonyl (C=O) groups is 2. The van der Waals surface area contributed by atoms with E-state index in [4.69, 9.17) is 9.47 Å². The molecule has 0 fully saturated rings. The third-order valence-corrected chi connectivity index (χ3v) is 5.32. The Kier molecular flexibility index (Phi) is 5.94. The average molecular weight is 428 g/mol. The Bertz CT molecular complexity index is 1180. The molecule has 0 saturated heterocycles. The SMILES string of the molecule is COC(=O)C1=C(c2ccccc2)NC(=O)NC1c1ccc(Oc2cc(C)ccc2C)cc1. The second-order valence-corrected chi connectivity index (χ2v) is 7.62. The molecule has 32 heavy (non-hydrogen) atoms. The van der Waals surface area contributed by atoms with Gasteiger partial charge in [-0.25, -0.2) is 9.59 Å². The highest BCUT2D eigenvalue weighted by atomic mass is 16.5. The van der Waals surface area contributed by atoms with Crippen LogP contribution in [0.15, 0.2) is 78.4 Å². The van der Waals surface area contributed by atoms with Crippen molar-refractivity contribution in [3.63, 3.8) is 0 Å². The van der Waals surface area contributed by atoms with E-state index < -0.39 is 18.0 Å². The third-order valence-electron chi connectivity index (χ3n) is 5.32. The summed E-state index contributed by atoms with van der Waals surface area (Å²) in [6.45, 7) is 4.01. The van der Waals surface area contributed by atoms with Crippen LogP contribution < -0.4 is 15.4 Å². The van der Waals surface area contributed by atoms with E-state index in [9.17, 15) is 9.59 Å². The molecule has 6 nitrogen and oxygen atoms in total. The minimum absolute atomic E-state index is 0.335. The van der Waals surface area contributed by atoms with Crippen molar-refractivity contribution < 1.29 is 19.1 Å². The molecule has 6 heteroatoms. The quantitative estimate of drug-likeness (QED) is 0.559. The summed E-state index contributed by atoms with van der Waals surface area (Å²) in [7, 11) is 1.33. The van der Waals surface area contributed by atoms with Crippen molar-refractivity contribution >= 4 is 17.7 Å². The maximum Gasteiger partial charge on any atom is 0.338 e. The van der Waals surface area contributed by atoms with Gasteiger partial charge in [0.2, 0.25) is 0 Å². The summed E-state index contributed by atoms with van der Waals surface area (Å²) in [6, 6.07) is 21.5. The first-order chi connectivity index (χ1) is 15.5. The smallest absolute Gasteiger partial charge is 0.338 e. The van der Waals surface area contributed by atoms with Crippen LogP contribution in [0, 0.1) is 13.8 Å². The highest BCUT2D eigenvalue weighted by Gasteiger charge is 2.34. The van der Waals surface area contributed by atoms with Crippen LogP contribution in [-0.4, -0.2) is 19.1 Å². The summed E-state index contributed by atoms with van der Waals surface area (Å²) in [5, 5.41) is 5.59. The van der Waals surface area contributed by atoms with Crippen molar-refractivity contribution in [2.45, 2.75) is 19.9 Å². The topological polar surface area (TPSA) is 76.7 Å². The van der Waals surface area contributed by atoms with E-state index in [2.05, 4.69) is 10.6 Å². The van der Waals surface area contributed by atoms with E-state index in [0.29, 0.717) is 17.0 Å². The number of aryl methyl sites for hydroxylation is 2. The number of rotatable bonds is 5.